The normalized spacial score (nSPS) is 19.0. The van der Waals surface area contributed by atoms with Gasteiger partial charge in [-0.25, -0.2) is 0 Å². The molecular formula is C24H27N5. The first-order valence-corrected chi connectivity index (χ1v) is 10.7. The third kappa shape index (κ3) is 3.08. The lowest BCUT2D eigenvalue weighted by Gasteiger charge is -2.36. The Morgan fingerprint density at radius 2 is 1.55 bits per heavy atom. The first-order chi connectivity index (χ1) is 14.3. The van der Waals surface area contributed by atoms with Gasteiger partial charge in [-0.3, -0.25) is 4.90 Å². The summed E-state index contributed by atoms with van der Waals surface area (Å²) in [6, 6.07) is 18.4. The van der Waals surface area contributed by atoms with Crippen LogP contribution in [0, 0.1) is 11.5 Å². The number of hydrogen-bond acceptors (Lipinski definition) is 3. The highest BCUT2D eigenvalue weighted by atomic mass is 15.2. The lowest BCUT2D eigenvalue weighted by atomic mass is 10.0. The van der Waals surface area contributed by atoms with E-state index < -0.39 is 0 Å². The molecule has 2 aromatic carbocycles. The summed E-state index contributed by atoms with van der Waals surface area (Å²) in [5.41, 5.74) is 6.20. The zero-order chi connectivity index (χ0) is 19.8. The van der Waals surface area contributed by atoms with Gasteiger partial charge in [0.1, 0.15) is 0 Å². The minimum atomic E-state index is 0.389. The highest BCUT2D eigenvalue weighted by Crippen LogP contribution is 2.31. The second kappa shape index (κ2) is 7.53. The molecule has 0 bridgehead atoms. The number of likely N-dealkylation sites (tertiary alicyclic amines) is 1. The quantitative estimate of drug-likeness (QED) is 0.646. The number of benzene rings is 2. The molecule has 0 unspecified atom stereocenters. The molecule has 1 aliphatic carbocycles. The number of aromatic nitrogens is 2. The predicted octanol–water partition coefficient (Wildman–Crippen LogP) is 3.65. The van der Waals surface area contributed by atoms with Gasteiger partial charge in [0.2, 0.25) is 11.8 Å². The van der Waals surface area contributed by atoms with E-state index in [1.807, 2.05) is 6.19 Å². The molecule has 5 heteroatoms. The fourth-order valence-electron chi connectivity index (χ4n) is 5.38. The van der Waals surface area contributed by atoms with Crippen molar-refractivity contribution >= 4 is 11.0 Å². The average molecular weight is 386 g/mol. The Hall–Kier alpha value is -2.84. The number of nitrogens with zero attached hydrogens (tertiary/aromatic N) is 5. The largest absolute Gasteiger partial charge is 0.310 e. The Morgan fingerprint density at radius 3 is 2.17 bits per heavy atom. The molecule has 3 aromatic rings. The van der Waals surface area contributed by atoms with Crippen LogP contribution in [-0.2, 0) is 19.4 Å². The van der Waals surface area contributed by atoms with E-state index in [1.165, 1.54) is 29.5 Å². The molecule has 148 valence electrons. The van der Waals surface area contributed by atoms with E-state index in [2.05, 4.69) is 74.5 Å². The molecular weight excluding hydrogens is 358 g/mol. The molecule has 0 amide bonds. The minimum Gasteiger partial charge on any atom is -0.310 e. The van der Waals surface area contributed by atoms with E-state index in [-0.39, 0.29) is 0 Å². The van der Waals surface area contributed by atoms with E-state index in [9.17, 15) is 5.26 Å². The molecule has 1 saturated heterocycles. The number of imidazole rings is 1. The maximum atomic E-state index is 9.31. The van der Waals surface area contributed by atoms with Gasteiger partial charge in [-0.1, -0.05) is 36.4 Å². The lowest BCUT2D eigenvalue weighted by Crippen LogP contribution is -2.43. The fourth-order valence-corrected chi connectivity index (χ4v) is 5.38. The van der Waals surface area contributed by atoms with Crippen molar-refractivity contribution in [3.63, 3.8) is 0 Å². The first kappa shape index (κ1) is 18.2. The first-order valence-electron chi connectivity index (χ1n) is 10.7. The second-order valence-electron chi connectivity index (χ2n) is 8.21. The standard InChI is InChI=1S/C24H27N5/c1-2-28-22-9-5-6-10-23(22)29(24(28)26-17-25)20-11-13-27(14-12-20)21-15-18-7-3-4-8-19(18)16-21/h3-10,20-21H,2,11-16H2,1H3/b26-24+. The van der Waals surface area contributed by atoms with Crippen molar-refractivity contribution in [1.29, 1.82) is 5.26 Å². The summed E-state index contributed by atoms with van der Waals surface area (Å²) in [5.74, 6) is 0. The van der Waals surface area contributed by atoms with Crippen LogP contribution < -0.4 is 5.62 Å². The predicted molar refractivity (Wildman–Crippen MR) is 114 cm³/mol. The molecule has 2 heterocycles. The van der Waals surface area contributed by atoms with Gasteiger partial charge in [-0.2, -0.15) is 5.26 Å². The number of rotatable bonds is 3. The van der Waals surface area contributed by atoms with Gasteiger partial charge in [0.05, 0.1) is 11.0 Å². The van der Waals surface area contributed by atoms with E-state index in [0.29, 0.717) is 12.1 Å². The number of nitriles is 1. The molecule has 2 aliphatic rings. The van der Waals surface area contributed by atoms with Crippen molar-refractivity contribution in [1.82, 2.24) is 14.0 Å². The van der Waals surface area contributed by atoms with Crippen molar-refractivity contribution in [2.45, 2.75) is 51.2 Å². The summed E-state index contributed by atoms with van der Waals surface area (Å²) in [5, 5.41) is 9.31. The van der Waals surface area contributed by atoms with Crippen molar-refractivity contribution in [2.75, 3.05) is 13.1 Å². The lowest BCUT2D eigenvalue weighted by molar-refractivity contribution is 0.138. The Morgan fingerprint density at radius 1 is 0.931 bits per heavy atom. The van der Waals surface area contributed by atoms with Gasteiger partial charge in [0, 0.05) is 31.7 Å². The number of piperidine rings is 1. The zero-order valence-electron chi connectivity index (χ0n) is 17.0. The summed E-state index contributed by atoms with van der Waals surface area (Å²) in [6.45, 7) is 5.14. The van der Waals surface area contributed by atoms with Crippen LogP contribution >= 0.6 is 0 Å². The van der Waals surface area contributed by atoms with E-state index in [1.54, 1.807) is 0 Å². The van der Waals surface area contributed by atoms with Crippen LogP contribution in [0.3, 0.4) is 0 Å². The second-order valence-corrected chi connectivity index (χ2v) is 8.21. The summed E-state index contributed by atoms with van der Waals surface area (Å²) >= 11 is 0. The zero-order valence-corrected chi connectivity index (χ0v) is 17.0. The number of fused-ring (bicyclic) bond motifs is 2. The molecule has 5 rings (SSSR count). The molecule has 1 fully saturated rings. The van der Waals surface area contributed by atoms with Crippen LogP contribution in [0.4, 0.5) is 0 Å². The van der Waals surface area contributed by atoms with Crippen LogP contribution in [0.25, 0.3) is 11.0 Å². The van der Waals surface area contributed by atoms with Crippen molar-refractivity contribution < 1.29 is 0 Å². The van der Waals surface area contributed by atoms with Gasteiger partial charge in [-0.05, 0) is 55.9 Å². The summed E-state index contributed by atoms with van der Waals surface area (Å²) < 4.78 is 4.49. The molecule has 5 nitrogen and oxygen atoms in total. The summed E-state index contributed by atoms with van der Waals surface area (Å²) in [7, 11) is 0. The molecule has 1 aromatic heterocycles. The van der Waals surface area contributed by atoms with Gasteiger partial charge < -0.3 is 9.13 Å². The third-order valence-corrected chi connectivity index (χ3v) is 6.77. The highest BCUT2D eigenvalue weighted by molar-refractivity contribution is 5.76. The van der Waals surface area contributed by atoms with Crippen LogP contribution in [0.5, 0.6) is 0 Å². The van der Waals surface area contributed by atoms with E-state index in [0.717, 1.165) is 43.6 Å². The SMILES string of the molecule is CCn1/c(=N\C#N)n(C2CCN(C3Cc4ccccc4C3)CC2)c2ccccc21. The van der Waals surface area contributed by atoms with E-state index >= 15 is 0 Å². The number of aryl methyl sites for hydroxylation is 1. The van der Waals surface area contributed by atoms with Crippen LogP contribution in [-0.4, -0.2) is 33.2 Å². The molecule has 29 heavy (non-hydrogen) atoms. The van der Waals surface area contributed by atoms with Gasteiger partial charge in [0.15, 0.2) is 0 Å². The molecule has 0 atom stereocenters. The fraction of sp³-hybridized carbons (Fsp3) is 0.417. The number of hydrogen-bond donors (Lipinski definition) is 0. The Kier molecular flexibility index (Phi) is 4.73. The van der Waals surface area contributed by atoms with Gasteiger partial charge in [-0.15, -0.1) is 4.99 Å². The maximum absolute atomic E-state index is 9.31. The maximum Gasteiger partial charge on any atom is 0.221 e. The van der Waals surface area contributed by atoms with E-state index in [4.69, 9.17) is 0 Å². The van der Waals surface area contributed by atoms with Crippen LogP contribution in [0.1, 0.15) is 36.9 Å². The van der Waals surface area contributed by atoms with Crippen molar-refractivity contribution in [2.24, 2.45) is 4.99 Å². The summed E-state index contributed by atoms with van der Waals surface area (Å²) in [6.07, 6.45) is 6.59. The average Bonchev–Trinajstić information content (AvgIpc) is 3.33. The summed E-state index contributed by atoms with van der Waals surface area (Å²) in [4.78, 5) is 6.91. The number of para-hydroxylation sites is 2. The molecule has 0 N–H and O–H groups in total. The topological polar surface area (TPSA) is 49.2 Å². The molecule has 0 saturated carbocycles. The Bertz CT molecular complexity index is 1110. The minimum absolute atomic E-state index is 0.389. The van der Waals surface area contributed by atoms with Crippen molar-refractivity contribution in [3.05, 3.63) is 65.3 Å². The van der Waals surface area contributed by atoms with Crippen molar-refractivity contribution in [3.8, 4) is 6.19 Å². The Labute approximate surface area is 171 Å². The van der Waals surface area contributed by atoms with Gasteiger partial charge >= 0.3 is 0 Å². The smallest absolute Gasteiger partial charge is 0.221 e. The van der Waals surface area contributed by atoms with Crippen LogP contribution in [0.2, 0.25) is 0 Å². The molecule has 0 radical (unpaired) electrons. The van der Waals surface area contributed by atoms with Gasteiger partial charge in [0.25, 0.3) is 0 Å². The molecule has 1 aliphatic heterocycles. The van der Waals surface area contributed by atoms with Crippen LogP contribution in [0.15, 0.2) is 53.5 Å². The monoisotopic (exact) mass is 385 g/mol. The Balaban J connectivity index is 1.41. The third-order valence-electron chi connectivity index (χ3n) is 6.77. The highest BCUT2D eigenvalue weighted by Gasteiger charge is 2.31. The molecule has 0 spiro atoms.